The van der Waals surface area contributed by atoms with Crippen LogP contribution < -0.4 is 0 Å². The van der Waals surface area contributed by atoms with Gasteiger partial charge in [-0.25, -0.2) is 4.98 Å². The predicted molar refractivity (Wildman–Crippen MR) is 197 cm³/mol. The molecule has 2 fully saturated rings. The number of hydrogen-bond donors (Lipinski definition) is 0. The minimum atomic E-state index is -0.403. The van der Waals surface area contributed by atoms with E-state index in [-0.39, 0.29) is 76.4 Å². The van der Waals surface area contributed by atoms with Crippen LogP contribution in [0.3, 0.4) is 0 Å². The Morgan fingerprint density at radius 1 is 0.942 bits per heavy atom. The molecule has 10 atom stereocenters. The largest absolute Gasteiger partial charge is 0.463 e. The van der Waals surface area contributed by atoms with E-state index in [0.29, 0.717) is 4.90 Å². The SMILES string of the molecule is CC(=O)OCC1O[C@H](Sc2cnc(C#N)c(Cl)c2)C(C)[C@@H](N=[N+]=[N-])[C@H]1C.[C-]#[N+]c1ncc(Br)cc1S[C@H]1OC(COC(C)=O)[C@H](C)[C@H](N=[N+]=[N-])C1C. The van der Waals surface area contributed by atoms with Crippen LogP contribution in [0.5, 0.6) is 0 Å². The molecular formula is C32H36BrClN10O6S2. The smallest absolute Gasteiger partial charge is 0.302 e. The lowest BCUT2D eigenvalue weighted by Crippen LogP contribution is -2.48. The lowest BCUT2D eigenvalue weighted by Gasteiger charge is -2.42. The third-order valence-corrected chi connectivity index (χ3v) is 11.7. The molecule has 0 amide bonds. The Labute approximate surface area is 322 Å². The molecule has 0 N–H and O–H groups in total. The molecule has 2 aliphatic heterocycles. The lowest BCUT2D eigenvalue weighted by atomic mass is 9.85. The van der Waals surface area contributed by atoms with E-state index in [4.69, 9.17) is 53.4 Å². The van der Waals surface area contributed by atoms with Gasteiger partial charge in [0.05, 0.1) is 21.7 Å². The number of halogens is 2. The Morgan fingerprint density at radius 3 is 1.90 bits per heavy atom. The van der Waals surface area contributed by atoms with E-state index < -0.39 is 24.1 Å². The van der Waals surface area contributed by atoms with Crippen LogP contribution in [0, 0.1) is 41.6 Å². The Kier molecular flexibility index (Phi) is 16.8. The van der Waals surface area contributed by atoms with Crippen LogP contribution in [-0.4, -0.2) is 70.3 Å². The summed E-state index contributed by atoms with van der Waals surface area (Å²) in [6.07, 6.45) is 2.31. The van der Waals surface area contributed by atoms with E-state index in [0.717, 1.165) is 9.37 Å². The molecule has 2 aromatic rings. The molecular weight excluding hydrogens is 800 g/mol. The van der Waals surface area contributed by atoms with E-state index in [1.165, 1.54) is 37.4 Å². The zero-order chi connectivity index (χ0) is 38.5. The van der Waals surface area contributed by atoms with Crippen molar-refractivity contribution in [1.82, 2.24) is 9.97 Å². The number of nitriles is 1. The van der Waals surface area contributed by atoms with Crippen molar-refractivity contribution < 1.29 is 28.5 Å². The van der Waals surface area contributed by atoms with E-state index >= 15 is 0 Å². The van der Waals surface area contributed by atoms with Crippen LogP contribution in [0.2, 0.25) is 5.02 Å². The van der Waals surface area contributed by atoms with Crippen molar-refractivity contribution in [2.75, 3.05) is 13.2 Å². The van der Waals surface area contributed by atoms with Gasteiger partial charge in [-0.05, 0) is 51.0 Å². The van der Waals surface area contributed by atoms with E-state index in [1.54, 1.807) is 18.5 Å². The molecule has 52 heavy (non-hydrogen) atoms. The average molecular weight is 836 g/mol. The Balaban J connectivity index is 0.000000280. The van der Waals surface area contributed by atoms with Gasteiger partial charge in [0.15, 0.2) is 5.69 Å². The maximum absolute atomic E-state index is 11.1. The van der Waals surface area contributed by atoms with Crippen molar-refractivity contribution in [2.45, 2.75) is 86.5 Å². The van der Waals surface area contributed by atoms with Gasteiger partial charge in [-0.2, -0.15) is 5.26 Å². The monoisotopic (exact) mass is 834 g/mol. The van der Waals surface area contributed by atoms with Crippen molar-refractivity contribution in [1.29, 1.82) is 5.26 Å². The average Bonchev–Trinajstić information content (AvgIpc) is 3.10. The molecule has 20 heteroatoms. The quantitative estimate of drug-likeness (QED) is 0.0724. The number of azide groups is 2. The first-order chi connectivity index (χ1) is 24.7. The Bertz CT molecular complexity index is 1790. The van der Waals surface area contributed by atoms with Gasteiger partial charge in [0.1, 0.15) is 36.4 Å². The minimum Gasteiger partial charge on any atom is -0.463 e. The third kappa shape index (κ3) is 11.6. The molecule has 0 spiro atoms. The van der Waals surface area contributed by atoms with E-state index in [2.05, 4.69) is 50.8 Å². The van der Waals surface area contributed by atoms with Crippen LogP contribution in [-0.2, 0) is 28.5 Å². The highest BCUT2D eigenvalue weighted by molar-refractivity contribution is 9.10. The van der Waals surface area contributed by atoms with Crippen LogP contribution in [0.1, 0.15) is 47.2 Å². The number of thioether (sulfide) groups is 2. The minimum absolute atomic E-state index is 0.0874. The number of esters is 2. The molecule has 16 nitrogen and oxygen atoms in total. The second-order valence-corrected chi connectivity index (χ2v) is 15.6. The molecule has 0 aliphatic carbocycles. The number of rotatable bonds is 10. The topological polar surface area (TPSA) is 223 Å². The Hall–Kier alpha value is -3.77. The lowest BCUT2D eigenvalue weighted by molar-refractivity contribution is -0.153. The van der Waals surface area contributed by atoms with Crippen molar-refractivity contribution in [3.63, 3.8) is 0 Å². The molecule has 0 radical (unpaired) electrons. The molecule has 4 unspecified atom stereocenters. The highest BCUT2D eigenvalue weighted by Gasteiger charge is 2.43. The molecule has 0 aromatic carbocycles. The van der Waals surface area contributed by atoms with E-state index in [1.807, 2.05) is 39.8 Å². The maximum Gasteiger partial charge on any atom is 0.302 e. The van der Waals surface area contributed by atoms with E-state index in [9.17, 15) is 9.59 Å². The zero-order valence-electron chi connectivity index (χ0n) is 29.0. The van der Waals surface area contributed by atoms with Gasteiger partial charge in [-0.1, -0.05) is 67.9 Å². The first-order valence-electron chi connectivity index (χ1n) is 15.8. The maximum atomic E-state index is 11.1. The second kappa shape index (κ2) is 20.5. The zero-order valence-corrected chi connectivity index (χ0v) is 33.0. The fourth-order valence-electron chi connectivity index (χ4n) is 5.56. The number of carbonyl (C=O) groups is 2. The van der Waals surface area contributed by atoms with Crippen LogP contribution in [0.25, 0.3) is 25.7 Å². The third-order valence-electron chi connectivity index (χ3n) is 8.40. The first-order valence-corrected chi connectivity index (χ1v) is 18.7. The molecule has 2 aliphatic rings. The highest BCUT2D eigenvalue weighted by atomic mass is 79.9. The number of ether oxygens (including phenoxy) is 4. The molecule has 276 valence electrons. The summed E-state index contributed by atoms with van der Waals surface area (Å²) in [6, 6.07) is 4.74. The van der Waals surface area contributed by atoms with Crippen LogP contribution in [0.15, 0.2) is 49.0 Å². The van der Waals surface area contributed by atoms with Gasteiger partial charge < -0.3 is 23.8 Å². The van der Waals surface area contributed by atoms with Gasteiger partial charge in [-0.15, -0.1) is 16.7 Å². The number of nitrogens with zero attached hydrogens (tertiary/aromatic N) is 10. The summed E-state index contributed by atoms with van der Waals surface area (Å²) in [5, 5.41) is 17.0. The van der Waals surface area contributed by atoms with Crippen molar-refractivity contribution in [2.24, 2.45) is 33.9 Å². The van der Waals surface area contributed by atoms with Gasteiger partial charge in [0.25, 0.3) is 5.82 Å². The summed E-state index contributed by atoms with van der Waals surface area (Å²) in [5.74, 6) is -0.921. The highest BCUT2D eigenvalue weighted by Crippen LogP contribution is 2.43. The van der Waals surface area contributed by atoms with Crippen LogP contribution in [0.4, 0.5) is 5.82 Å². The van der Waals surface area contributed by atoms with Crippen LogP contribution >= 0.6 is 51.1 Å². The number of pyridine rings is 2. The van der Waals surface area contributed by atoms with Crippen molar-refractivity contribution >= 4 is 68.8 Å². The first kappa shape index (κ1) is 42.6. The molecule has 0 bridgehead atoms. The van der Waals surface area contributed by atoms with Gasteiger partial charge in [0.2, 0.25) is 0 Å². The molecule has 4 heterocycles. The molecule has 0 saturated carbocycles. The number of carbonyl (C=O) groups excluding carboxylic acids is 2. The van der Waals surface area contributed by atoms with Gasteiger partial charge in [-0.3, -0.25) is 9.59 Å². The fourth-order valence-corrected chi connectivity index (χ4v) is 8.68. The summed E-state index contributed by atoms with van der Waals surface area (Å²) < 4.78 is 23.2. The Morgan fingerprint density at radius 2 is 1.46 bits per heavy atom. The van der Waals surface area contributed by atoms with Crippen molar-refractivity contribution in [3.05, 3.63) is 72.0 Å². The fraction of sp³-hybridized carbons (Fsp3) is 0.562. The molecule has 2 saturated heterocycles. The predicted octanol–water partition coefficient (Wildman–Crippen LogP) is 8.66. The van der Waals surface area contributed by atoms with Gasteiger partial charge >= 0.3 is 11.9 Å². The summed E-state index contributed by atoms with van der Waals surface area (Å²) >= 11 is 12.1. The summed E-state index contributed by atoms with van der Waals surface area (Å²) in [7, 11) is 0. The van der Waals surface area contributed by atoms with Gasteiger partial charge in [0, 0.05) is 63.6 Å². The summed E-state index contributed by atoms with van der Waals surface area (Å²) in [6.45, 7) is 17.8. The summed E-state index contributed by atoms with van der Waals surface area (Å²) in [5.41, 5.74) is 17.2. The number of aromatic nitrogens is 2. The molecule has 4 rings (SSSR count). The normalized spacial score (nSPS) is 27.9. The second-order valence-electron chi connectivity index (χ2n) is 12.0. The standard InChI is InChI=1S/C16H18BrN5O3S.C16H18ClN5O3S/c1-8-12(7-24-10(3)23)25-16(9(2)14(8)21-22-18)26-13-5-11(17)6-20-15(13)19-4;1-8-14(7-24-10(3)23)25-16(9(2)15(8)21-22-19)26-11-4-12(17)13(5-18)20-6-11/h5-6,8-9,12,14,16H,7H2,1-3H3;4,6,8-9,14-16H,7H2,1-3H3/t8-,9?,12?,14-,16+;8-,9?,14?,15-,16+/m00/s1. The molecule has 2 aromatic heterocycles. The summed E-state index contributed by atoms with van der Waals surface area (Å²) in [4.78, 5) is 41.1. The number of hydrogen-bond acceptors (Lipinski definition) is 13. The van der Waals surface area contributed by atoms with Crippen molar-refractivity contribution in [3.8, 4) is 6.07 Å².